The van der Waals surface area contributed by atoms with Gasteiger partial charge in [-0.2, -0.15) is 4.99 Å². The van der Waals surface area contributed by atoms with Crippen molar-refractivity contribution in [2.24, 2.45) is 21.5 Å². The average Bonchev–Trinajstić information content (AvgIpc) is 2.11. The number of guanidine groups is 2. The standard InChI is InChI=1S/C5H13N7O2/c1-13-10-5-9-3(6)8-4(7)12(5)11-14-2/h4,11H,7H2,1-2H3,(H3,6,8,9,10). The first kappa shape index (κ1) is 10.7. The third-order valence-corrected chi connectivity index (χ3v) is 1.36. The molecule has 9 heteroatoms. The van der Waals surface area contributed by atoms with E-state index in [0.29, 0.717) is 0 Å². The van der Waals surface area contributed by atoms with E-state index in [1.165, 1.54) is 19.2 Å². The van der Waals surface area contributed by atoms with Crippen LogP contribution in [0.1, 0.15) is 0 Å². The van der Waals surface area contributed by atoms with Gasteiger partial charge in [-0.05, 0) is 0 Å². The van der Waals surface area contributed by atoms with Gasteiger partial charge in [0.15, 0.2) is 6.29 Å². The number of hydroxylamine groups is 1. The highest BCUT2D eigenvalue weighted by atomic mass is 16.7. The van der Waals surface area contributed by atoms with Gasteiger partial charge in [-0.25, -0.2) is 15.5 Å². The summed E-state index contributed by atoms with van der Waals surface area (Å²) in [5.74, 6) is 0.320. The summed E-state index contributed by atoms with van der Waals surface area (Å²) in [6.07, 6.45) is -0.731. The van der Waals surface area contributed by atoms with Crippen molar-refractivity contribution >= 4 is 11.9 Å². The molecule has 6 N–H and O–H groups in total. The summed E-state index contributed by atoms with van der Waals surface area (Å²) in [6, 6.07) is 0. The van der Waals surface area contributed by atoms with E-state index in [9.17, 15) is 0 Å². The number of nitrogens with two attached hydrogens (primary N) is 2. The van der Waals surface area contributed by atoms with Crippen molar-refractivity contribution in [2.45, 2.75) is 6.29 Å². The number of hydrazine groups is 1. The Morgan fingerprint density at radius 2 is 2.14 bits per heavy atom. The Balaban J connectivity index is 2.76. The van der Waals surface area contributed by atoms with Gasteiger partial charge in [-0.15, -0.1) is 5.59 Å². The number of nitrogens with zero attached hydrogens (tertiary/aromatic N) is 3. The third-order valence-electron chi connectivity index (χ3n) is 1.36. The van der Waals surface area contributed by atoms with E-state index in [0.717, 1.165) is 0 Å². The number of aliphatic imine (C=N–C) groups is 2. The molecule has 1 unspecified atom stereocenters. The van der Waals surface area contributed by atoms with Crippen molar-refractivity contribution in [3.8, 4) is 0 Å². The fourth-order valence-corrected chi connectivity index (χ4v) is 0.869. The van der Waals surface area contributed by atoms with Gasteiger partial charge in [0.1, 0.15) is 0 Å². The molecule has 0 saturated heterocycles. The van der Waals surface area contributed by atoms with Gasteiger partial charge in [0.2, 0.25) is 11.9 Å². The third kappa shape index (κ3) is 2.29. The van der Waals surface area contributed by atoms with Gasteiger partial charge in [0, 0.05) is 0 Å². The highest BCUT2D eigenvalue weighted by Gasteiger charge is 2.23. The first-order valence-electron chi connectivity index (χ1n) is 3.73. The van der Waals surface area contributed by atoms with Crippen LogP contribution < -0.4 is 22.5 Å². The molecule has 0 bridgehead atoms. The summed E-state index contributed by atoms with van der Waals surface area (Å²) in [7, 11) is 2.86. The summed E-state index contributed by atoms with van der Waals surface area (Å²) < 4.78 is 0. The molecule has 0 amide bonds. The molecule has 0 aromatic rings. The van der Waals surface area contributed by atoms with Gasteiger partial charge >= 0.3 is 0 Å². The monoisotopic (exact) mass is 203 g/mol. The van der Waals surface area contributed by atoms with Gasteiger partial charge in [-0.3, -0.25) is 15.4 Å². The quantitative estimate of drug-likeness (QED) is 0.372. The van der Waals surface area contributed by atoms with Gasteiger partial charge < -0.3 is 5.73 Å². The maximum Gasteiger partial charge on any atom is 0.246 e. The van der Waals surface area contributed by atoms with Crippen LogP contribution in [0.5, 0.6) is 0 Å². The lowest BCUT2D eigenvalue weighted by molar-refractivity contribution is -0.0427. The molecule has 1 aliphatic rings. The lowest BCUT2D eigenvalue weighted by Crippen LogP contribution is -2.59. The van der Waals surface area contributed by atoms with Crippen LogP contribution in [0.4, 0.5) is 0 Å². The Hall–Kier alpha value is -1.42. The molecule has 1 rings (SSSR count). The van der Waals surface area contributed by atoms with Gasteiger partial charge in [0.05, 0.1) is 14.2 Å². The van der Waals surface area contributed by atoms with E-state index in [1.54, 1.807) is 0 Å². The molecule has 80 valence electrons. The second-order valence-electron chi connectivity index (χ2n) is 2.31. The van der Waals surface area contributed by atoms with Crippen LogP contribution in [0.25, 0.3) is 0 Å². The molecule has 1 heterocycles. The van der Waals surface area contributed by atoms with Crippen LogP contribution in [0.3, 0.4) is 0 Å². The maximum absolute atomic E-state index is 5.62. The molecule has 0 fully saturated rings. The fraction of sp³-hybridized carbons (Fsp3) is 0.600. The molecule has 0 saturated carbocycles. The second-order valence-corrected chi connectivity index (χ2v) is 2.31. The summed E-state index contributed by atoms with van der Waals surface area (Å²) in [5, 5.41) is 1.31. The van der Waals surface area contributed by atoms with Crippen LogP contribution in [0.2, 0.25) is 0 Å². The highest BCUT2D eigenvalue weighted by Crippen LogP contribution is 1.99. The van der Waals surface area contributed by atoms with Crippen LogP contribution in [0, 0.1) is 0 Å². The Morgan fingerprint density at radius 1 is 1.43 bits per heavy atom. The molecule has 9 nitrogen and oxygen atoms in total. The summed E-state index contributed by atoms with van der Waals surface area (Å²) >= 11 is 0. The summed E-state index contributed by atoms with van der Waals surface area (Å²) in [4.78, 5) is 17.0. The van der Waals surface area contributed by atoms with E-state index < -0.39 is 6.29 Å². The van der Waals surface area contributed by atoms with E-state index in [2.05, 4.69) is 30.7 Å². The van der Waals surface area contributed by atoms with Crippen molar-refractivity contribution in [3.63, 3.8) is 0 Å². The smallest absolute Gasteiger partial charge is 0.246 e. The highest BCUT2D eigenvalue weighted by molar-refractivity contribution is 5.95. The first-order valence-corrected chi connectivity index (χ1v) is 3.73. The molecular weight excluding hydrogens is 190 g/mol. The minimum Gasteiger partial charge on any atom is -0.368 e. The van der Waals surface area contributed by atoms with Gasteiger partial charge in [0.25, 0.3) is 0 Å². The lowest BCUT2D eigenvalue weighted by atomic mass is 10.7. The van der Waals surface area contributed by atoms with E-state index in [1.807, 2.05) is 0 Å². The number of hydrogen-bond acceptors (Lipinski definition) is 9. The van der Waals surface area contributed by atoms with Crippen LogP contribution in [0.15, 0.2) is 9.98 Å². The van der Waals surface area contributed by atoms with Crippen molar-refractivity contribution in [2.75, 3.05) is 14.2 Å². The molecule has 0 aromatic heterocycles. The molecule has 0 aliphatic carbocycles. The van der Waals surface area contributed by atoms with Crippen molar-refractivity contribution in [1.82, 2.24) is 16.1 Å². The molecule has 0 spiro atoms. The van der Waals surface area contributed by atoms with Crippen molar-refractivity contribution in [3.05, 3.63) is 0 Å². The molecule has 1 atom stereocenters. The predicted molar refractivity (Wildman–Crippen MR) is 49.2 cm³/mol. The normalized spacial score (nSPS) is 21.6. The SMILES string of the molecule is CONC1=NC(N)=NC(N)N1NOC. The zero-order chi connectivity index (χ0) is 10.6. The topological polar surface area (TPSA) is 123 Å². The van der Waals surface area contributed by atoms with Crippen molar-refractivity contribution < 1.29 is 9.68 Å². The first-order chi connectivity index (χ1) is 6.69. The fourth-order valence-electron chi connectivity index (χ4n) is 0.869. The molecular formula is C5H13N7O2. The maximum atomic E-state index is 5.62. The Kier molecular flexibility index (Phi) is 3.59. The number of hydrogen-bond donors (Lipinski definition) is 4. The summed E-state index contributed by atoms with van der Waals surface area (Å²) in [6.45, 7) is 0. The van der Waals surface area contributed by atoms with E-state index in [4.69, 9.17) is 11.5 Å². The molecule has 0 aromatic carbocycles. The minimum atomic E-state index is -0.731. The van der Waals surface area contributed by atoms with Crippen LogP contribution in [-0.4, -0.2) is 37.4 Å². The predicted octanol–water partition coefficient (Wildman–Crippen LogP) is -2.57. The Bertz CT molecular complexity index is 252. The van der Waals surface area contributed by atoms with Crippen LogP contribution >= 0.6 is 0 Å². The second kappa shape index (κ2) is 4.72. The minimum absolute atomic E-state index is 0.0613. The molecule has 0 radical (unpaired) electrons. The number of rotatable bonds is 3. The zero-order valence-corrected chi connectivity index (χ0v) is 7.89. The number of nitrogens with one attached hydrogen (secondary N) is 2. The Labute approximate surface area is 80.6 Å². The van der Waals surface area contributed by atoms with Crippen LogP contribution in [-0.2, 0) is 9.68 Å². The molecule has 14 heavy (non-hydrogen) atoms. The average molecular weight is 203 g/mol. The lowest BCUT2D eigenvalue weighted by Gasteiger charge is -2.30. The Morgan fingerprint density at radius 3 is 2.71 bits per heavy atom. The van der Waals surface area contributed by atoms with Gasteiger partial charge in [-0.1, -0.05) is 0 Å². The van der Waals surface area contributed by atoms with E-state index >= 15 is 0 Å². The summed E-state index contributed by atoms with van der Waals surface area (Å²) in [5.41, 5.74) is 15.9. The zero-order valence-electron chi connectivity index (χ0n) is 7.89. The molecule has 1 aliphatic heterocycles. The largest absolute Gasteiger partial charge is 0.368 e. The van der Waals surface area contributed by atoms with E-state index in [-0.39, 0.29) is 11.9 Å². The van der Waals surface area contributed by atoms with Crippen molar-refractivity contribution in [1.29, 1.82) is 0 Å².